The van der Waals surface area contributed by atoms with E-state index >= 15 is 0 Å². The number of carbonyl (C=O) groups excluding carboxylic acids is 1. The number of aliphatic hydroxyl groups excluding tert-OH is 1. The summed E-state index contributed by atoms with van der Waals surface area (Å²) in [6.45, 7) is 2.48. The van der Waals surface area contributed by atoms with Crippen molar-refractivity contribution in [3.05, 3.63) is 58.5 Å². The van der Waals surface area contributed by atoms with E-state index in [0.717, 1.165) is 6.42 Å². The average Bonchev–Trinajstić information content (AvgIpc) is 3.13. The molecule has 5 unspecified atom stereocenters. The highest BCUT2D eigenvalue weighted by Crippen LogP contribution is 2.37. The highest BCUT2D eigenvalue weighted by atomic mass is 35.5. The minimum atomic E-state index is -0.474. The lowest BCUT2D eigenvalue weighted by Gasteiger charge is -2.42. The summed E-state index contributed by atoms with van der Waals surface area (Å²) in [6, 6.07) is 4.16. The molecule has 1 saturated heterocycles. The van der Waals surface area contributed by atoms with Gasteiger partial charge in [-0.15, -0.1) is 0 Å². The number of ether oxygens (including phenoxy) is 1. The van der Waals surface area contributed by atoms with Gasteiger partial charge in [-0.3, -0.25) is 4.79 Å². The van der Waals surface area contributed by atoms with Crippen molar-refractivity contribution in [2.45, 2.75) is 50.5 Å². The third kappa shape index (κ3) is 4.47. The van der Waals surface area contributed by atoms with Crippen molar-refractivity contribution < 1.29 is 19.0 Å². The highest BCUT2D eigenvalue weighted by Gasteiger charge is 2.44. The third-order valence-electron chi connectivity index (χ3n) is 6.87. The molecule has 3 heterocycles. The first-order valence-electron chi connectivity index (χ1n) is 11.4. The second kappa shape index (κ2) is 9.13. The Morgan fingerprint density at radius 3 is 2.76 bits per heavy atom. The number of nitrogens with zero attached hydrogens (tertiary/aromatic N) is 3. The number of nitrogens with one attached hydrogen (secondary N) is 1. The Kier molecular flexibility index (Phi) is 6.18. The zero-order valence-corrected chi connectivity index (χ0v) is 19.5. The van der Waals surface area contributed by atoms with Crippen LogP contribution in [0.25, 0.3) is 5.57 Å². The molecule has 1 saturated carbocycles. The molecule has 180 valence electrons. The van der Waals surface area contributed by atoms with Crippen molar-refractivity contribution in [1.29, 1.82) is 0 Å². The fourth-order valence-corrected chi connectivity index (χ4v) is 5.23. The number of fused-ring (bicyclic) bond motifs is 1. The molecule has 2 fully saturated rings. The van der Waals surface area contributed by atoms with Gasteiger partial charge in [0.2, 0.25) is 0 Å². The van der Waals surface area contributed by atoms with Gasteiger partial charge < -0.3 is 25.8 Å². The molecule has 34 heavy (non-hydrogen) atoms. The molecule has 1 aliphatic carbocycles. The number of halogens is 2. The van der Waals surface area contributed by atoms with E-state index in [2.05, 4.69) is 15.3 Å². The molecule has 8 nitrogen and oxygen atoms in total. The zero-order valence-electron chi connectivity index (χ0n) is 18.7. The maximum Gasteiger partial charge on any atom is 0.258 e. The van der Waals surface area contributed by atoms with Crippen molar-refractivity contribution >= 4 is 23.1 Å². The topological polar surface area (TPSA) is 114 Å². The largest absolute Gasteiger partial charge is 0.489 e. The van der Waals surface area contributed by atoms with Crippen molar-refractivity contribution in [1.82, 2.24) is 20.2 Å². The van der Waals surface area contributed by atoms with Gasteiger partial charge in [-0.05, 0) is 44.2 Å². The number of hydrogen-bond acceptors (Lipinski definition) is 7. The van der Waals surface area contributed by atoms with Crippen LogP contribution in [-0.2, 0) is 0 Å². The van der Waals surface area contributed by atoms with Gasteiger partial charge >= 0.3 is 0 Å². The maximum absolute atomic E-state index is 14.2. The van der Waals surface area contributed by atoms with Crippen LogP contribution >= 0.6 is 11.6 Å². The van der Waals surface area contributed by atoms with Crippen LogP contribution < -0.4 is 15.8 Å². The van der Waals surface area contributed by atoms with E-state index in [-0.39, 0.29) is 54.6 Å². The Morgan fingerprint density at radius 1 is 1.26 bits per heavy atom. The van der Waals surface area contributed by atoms with Gasteiger partial charge in [-0.1, -0.05) is 11.6 Å². The van der Waals surface area contributed by atoms with Gasteiger partial charge in [0.25, 0.3) is 5.91 Å². The number of nitrogens with two attached hydrogens (primary N) is 1. The van der Waals surface area contributed by atoms with E-state index in [4.69, 9.17) is 22.1 Å². The van der Waals surface area contributed by atoms with Crippen LogP contribution in [0.3, 0.4) is 0 Å². The van der Waals surface area contributed by atoms with E-state index < -0.39 is 5.82 Å². The number of hydrogen-bond donors (Lipinski definition) is 3. The van der Waals surface area contributed by atoms with Crippen LogP contribution in [-0.4, -0.2) is 63.3 Å². The predicted molar refractivity (Wildman–Crippen MR) is 125 cm³/mol. The first kappa shape index (κ1) is 23.0. The van der Waals surface area contributed by atoms with E-state index in [1.165, 1.54) is 30.6 Å². The summed E-state index contributed by atoms with van der Waals surface area (Å²) in [5, 5.41) is 13.9. The SMILES string of the molecule is CC1CC(Oc2cc(F)ccc2C(=O)N2CC(N)=C(c3ncc(Cl)cn3)C2)CC2CC(O)C2N1. The quantitative estimate of drug-likeness (QED) is 0.606. The van der Waals surface area contributed by atoms with Gasteiger partial charge in [0.05, 0.1) is 29.8 Å². The van der Waals surface area contributed by atoms with E-state index in [1.807, 2.05) is 6.92 Å². The molecule has 1 aromatic heterocycles. The Morgan fingerprint density at radius 2 is 2.03 bits per heavy atom. The minimum absolute atomic E-state index is 0.0596. The summed E-state index contributed by atoms with van der Waals surface area (Å²) in [5.74, 6) is 0.152. The lowest BCUT2D eigenvalue weighted by molar-refractivity contribution is -0.0120. The molecule has 5 atom stereocenters. The van der Waals surface area contributed by atoms with Crippen molar-refractivity contribution in [2.24, 2.45) is 11.7 Å². The summed E-state index contributed by atoms with van der Waals surface area (Å²) in [5.41, 5.74) is 7.64. The summed E-state index contributed by atoms with van der Waals surface area (Å²) >= 11 is 5.87. The number of benzene rings is 1. The Balaban J connectivity index is 1.34. The fourth-order valence-electron chi connectivity index (χ4n) is 5.13. The number of aliphatic hydroxyl groups is 1. The van der Waals surface area contributed by atoms with Crippen molar-refractivity contribution in [2.75, 3.05) is 13.1 Å². The number of aromatic nitrogens is 2. The molecule has 4 N–H and O–H groups in total. The van der Waals surface area contributed by atoms with E-state index in [0.29, 0.717) is 40.9 Å². The minimum Gasteiger partial charge on any atom is -0.489 e. The molecule has 2 aliphatic heterocycles. The number of carbonyl (C=O) groups is 1. The summed E-state index contributed by atoms with van der Waals surface area (Å²) in [6.07, 6.45) is 4.57. The first-order valence-corrected chi connectivity index (χ1v) is 11.8. The lowest BCUT2D eigenvalue weighted by atomic mass is 9.74. The Bertz CT molecular complexity index is 1130. The molecule has 1 aromatic carbocycles. The molecular formula is C24H27ClFN5O3. The lowest BCUT2D eigenvalue weighted by Crippen LogP contribution is -2.56. The summed E-state index contributed by atoms with van der Waals surface area (Å²) in [4.78, 5) is 23.4. The zero-order chi connectivity index (χ0) is 24.0. The maximum atomic E-state index is 14.2. The monoisotopic (exact) mass is 487 g/mol. The highest BCUT2D eigenvalue weighted by molar-refractivity contribution is 6.30. The van der Waals surface area contributed by atoms with Crippen molar-refractivity contribution in [3.8, 4) is 5.75 Å². The van der Waals surface area contributed by atoms with Crippen molar-refractivity contribution in [3.63, 3.8) is 0 Å². The van der Waals surface area contributed by atoms with Gasteiger partial charge in [0.1, 0.15) is 17.7 Å². The standard InChI is InChI=1S/C24H27ClFN5O3/c1-12-4-16(5-13-6-20(32)22(13)30-12)34-21-7-15(26)2-3-17(21)24(33)31-10-18(19(27)11-31)23-28-8-14(25)9-29-23/h2-3,7-9,12-13,16,20,22,30,32H,4-6,10-11,27H2,1H3. The molecule has 1 amide bonds. The molecule has 5 rings (SSSR count). The third-order valence-corrected chi connectivity index (χ3v) is 7.06. The van der Waals surface area contributed by atoms with Crippen LogP contribution in [0.2, 0.25) is 5.02 Å². The number of amides is 1. The molecule has 10 heteroatoms. The van der Waals surface area contributed by atoms with Crippen LogP contribution in [0, 0.1) is 11.7 Å². The Labute approximate surface area is 202 Å². The Hall–Kier alpha value is -2.75. The molecule has 0 spiro atoms. The second-order valence-electron chi connectivity index (χ2n) is 9.40. The van der Waals surface area contributed by atoms with Crippen LogP contribution in [0.5, 0.6) is 5.75 Å². The predicted octanol–water partition coefficient (Wildman–Crippen LogP) is 2.36. The fraction of sp³-hybridized carbons (Fsp3) is 0.458. The van der Waals surface area contributed by atoms with E-state index in [9.17, 15) is 14.3 Å². The molecule has 2 aromatic rings. The van der Waals surface area contributed by atoms with Gasteiger partial charge in [-0.2, -0.15) is 0 Å². The van der Waals surface area contributed by atoms with E-state index in [1.54, 1.807) is 4.90 Å². The van der Waals surface area contributed by atoms with Crippen LogP contribution in [0.4, 0.5) is 4.39 Å². The first-order chi connectivity index (χ1) is 16.3. The smallest absolute Gasteiger partial charge is 0.258 e. The molecule has 3 aliphatic rings. The normalized spacial score (nSPS) is 28.8. The van der Waals surface area contributed by atoms with Crippen LogP contribution in [0.15, 0.2) is 36.3 Å². The molecule has 0 radical (unpaired) electrons. The molecular weight excluding hydrogens is 461 g/mol. The second-order valence-corrected chi connectivity index (χ2v) is 9.83. The van der Waals surface area contributed by atoms with Gasteiger partial charge in [-0.25, -0.2) is 14.4 Å². The summed E-state index contributed by atoms with van der Waals surface area (Å²) in [7, 11) is 0. The average molecular weight is 488 g/mol. The number of rotatable bonds is 4. The molecule has 0 bridgehead atoms. The van der Waals surface area contributed by atoms with Gasteiger partial charge in [0.15, 0.2) is 5.82 Å². The summed E-state index contributed by atoms with van der Waals surface area (Å²) < 4.78 is 20.4. The van der Waals surface area contributed by atoms with Gasteiger partial charge in [0, 0.05) is 41.8 Å². The van der Waals surface area contributed by atoms with Crippen LogP contribution in [0.1, 0.15) is 42.4 Å².